The first kappa shape index (κ1) is 14.6. The van der Waals surface area contributed by atoms with Crippen LogP contribution in [0.3, 0.4) is 0 Å². The van der Waals surface area contributed by atoms with Gasteiger partial charge in [-0.1, -0.05) is 11.8 Å². The quantitative estimate of drug-likeness (QED) is 0.844. The summed E-state index contributed by atoms with van der Waals surface area (Å²) < 4.78 is 1.33. The molecule has 0 amide bonds. The van der Waals surface area contributed by atoms with Crippen molar-refractivity contribution in [2.45, 2.75) is 11.3 Å². The number of thioether (sulfide) groups is 2. The Morgan fingerprint density at radius 2 is 2.32 bits per heavy atom. The van der Waals surface area contributed by atoms with Crippen molar-refractivity contribution in [1.82, 2.24) is 4.90 Å². The first-order chi connectivity index (χ1) is 10.8. The lowest BCUT2D eigenvalue weighted by Crippen LogP contribution is -2.20. The number of hydrogen-bond acceptors (Lipinski definition) is 6. The normalized spacial score (nSPS) is 17.5. The zero-order valence-corrected chi connectivity index (χ0v) is 14.7. The molecule has 2 aromatic rings. The second kappa shape index (κ2) is 5.92. The van der Waals surface area contributed by atoms with Crippen LogP contribution in [0.5, 0.6) is 0 Å². The van der Waals surface area contributed by atoms with Gasteiger partial charge in [-0.05, 0) is 35.2 Å². The van der Waals surface area contributed by atoms with Crippen molar-refractivity contribution in [1.29, 1.82) is 0 Å². The van der Waals surface area contributed by atoms with E-state index in [4.69, 9.17) is 0 Å². The summed E-state index contributed by atoms with van der Waals surface area (Å²) in [6, 6.07) is 6.74. The van der Waals surface area contributed by atoms with E-state index < -0.39 is 0 Å². The number of aliphatic hydroxyl groups is 1. The first-order valence-corrected chi connectivity index (χ1v) is 10.1. The fraction of sp³-hybridized carbons (Fsp3) is 0.312. The highest BCUT2D eigenvalue weighted by Gasteiger charge is 2.33. The second-order valence-electron chi connectivity index (χ2n) is 5.18. The van der Waals surface area contributed by atoms with Crippen LogP contribution in [0.2, 0.25) is 0 Å². The molecule has 0 fully saturated rings. The molecule has 0 atom stereocenters. The van der Waals surface area contributed by atoms with Crippen LogP contribution in [0.25, 0.3) is 15.8 Å². The number of thiophene rings is 1. The number of aliphatic imine (C=N–C) groups is 1. The summed E-state index contributed by atoms with van der Waals surface area (Å²) in [6.07, 6.45) is 2.82. The second-order valence-corrected chi connectivity index (χ2v) is 8.04. The molecule has 3 nitrogen and oxygen atoms in total. The van der Waals surface area contributed by atoms with Gasteiger partial charge in [-0.3, -0.25) is 4.99 Å². The van der Waals surface area contributed by atoms with Gasteiger partial charge in [-0.15, -0.1) is 23.1 Å². The first-order valence-electron chi connectivity index (χ1n) is 7.21. The largest absolute Gasteiger partial charge is 0.396 e. The summed E-state index contributed by atoms with van der Waals surface area (Å²) in [7, 11) is 0. The monoisotopic (exact) mass is 348 g/mol. The van der Waals surface area contributed by atoms with Crippen molar-refractivity contribution in [3.05, 3.63) is 34.0 Å². The Labute approximate surface area is 142 Å². The fourth-order valence-electron chi connectivity index (χ4n) is 2.95. The van der Waals surface area contributed by atoms with Gasteiger partial charge in [0.05, 0.1) is 12.2 Å². The maximum atomic E-state index is 9.42. The van der Waals surface area contributed by atoms with Crippen molar-refractivity contribution in [2.75, 3.05) is 26.0 Å². The highest BCUT2D eigenvalue weighted by atomic mass is 32.2. The van der Waals surface area contributed by atoms with Gasteiger partial charge in [-0.2, -0.15) is 0 Å². The van der Waals surface area contributed by atoms with Gasteiger partial charge in [0.15, 0.2) is 5.17 Å². The van der Waals surface area contributed by atoms with Gasteiger partial charge in [0.1, 0.15) is 0 Å². The summed E-state index contributed by atoms with van der Waals surface area (Å²) in [6.45, 7) is 2.00. The van der Waals surface area contributed by atoms with E-state index in [1.807, 2.05) is 0 Å². The summed E-state index contributed by atoms with van der Waals surface area (Å²) in [4.78, 5) is 9.45. The van der Waals surface area contributed by atoms with E-state index in [0.717, 1.165) is 18.3 Å². The van der Waals surface area contributed by atoms with E-state index in [2.05, 4.69) is 39.7 Å². The Balaban J connectivity index is 1.93. The molecule has 1 aromatic carbocycles. The van der Waals surface area contributed by atoms with E-state index in [9.17, 15) is 5.11 Å². The predicted octanol–water partition coefficient (Wildman–Crippen LogP) is 4.09. The van der Waals surface area contributed by atoms with Crippen molar-refractivity contribution >= 4 is 55.8 Å². The van der Waals surface area contributed by atoms with Crippen LogP contribution in [-0.2, 0) is 0 Å². The number of aliphatic hydroxyl groups excluding tert-OH is 1. The molecule has 0 saturated carbocycles. The lowest BCUT2D eigenvalue weighted by Gasteiger charge is -2.19. The lowest BCUT2D eigenvalue weighted by atomic mass is 10.1. The molecule has 0 unspecified atom stereocenters. The summed E-state index contributed by atoms with van der Waals surface area (Å²) in [5, 5.41) is 14.0. The predicted molar refractivity (Wildman–Crippen MR) is 98.8 cm³/mol. The van der Waals surface area contributed by atoms with Crippen LogP contribution in [0.15, 0.2) is 38.4 Å². The molecule has 1 N–H and O–H groups in total. The lowest BCUT2D eigenvalue weighted by molar-refractivity contribution is 0.301. The molecule has 2 aliphatic rings. The molecule has 6 heteroatoms. The molecule has 0 spiro atoms. The molecule has 2 aliphatic heterocycles. The molecule has 4 rings (SSSR count). The van der Waals surface area contributed by atoms with Crippen molar-refractivity contribution in [3.8, 4) is 0 Å². The summed E-state index contributed by atoms with van der Waals surface area (Å²) >= 11 is 5.30. The number of nitrogens with zero attached hydrogens (tertiary/aromatic N) is 2. The maximum absolute atomic E-state index is 9.42. The third kappa shape index (κ3) is 2.29. The average molecular weight is 349 g/mol. The zero-order chi connectivity index (χ0) is 15.1. The molecule has 0 radical (unpaired) electrons. The number of hydrogen-bond donors (Lipinski definition) is 1. The molecule has 0 bridgehead atoms. The van der Waals surface area contributed by atoms with Crippen molar-refractivity contribution < 1.29 is 5.11 Å². The van der Waals surface area contributed by atoms with Gasteiger partial charge < -0.3 is 10.0 Å². The fourth-order valence-corrected chi connectivity index (χ4v) is 5.50. The number of rotatable bonds is 4. The van der Waals surface area contributed by atoms with Crippen LogP contribution in [0.4, 0.5) is 0 Å². The van der Waals surface area contributed by atoms with Crippen LogP contribution in [0, 0.1) is 0 Å². The van der Waals surface area contributed by atoms with Crippen molar-refractivity contribution in [3.63, 3.8) is 0 Å². The average Bonchev–Trinajstić information content (AvgIpc) is 3.21. The van der Waals surface area contributed by atoms with E-state index in [1.54, 1.807) is 34.9 Å². The smallest absolute Gasteiger partial charge is 0.168 e. The number of amidine groups is 1. The van der Waals surface area contributed by atoms with E-state index >= 15 is 0 Å². The molecule has 1 aromatic heterocycles. The van der Waals surface area contributed by atoms with Gasteiger partial charge in [0.25, 0.3) is 0 Å². The minimum absolute atomic E-state index is 0.183. The highest BCUT2D eigenvalue weighted by Crippen LogP contribution is 2.46. The number of benzene rings is 1. The van der Waals surface area contributed by atoms with Gasteiger partial charge in [-0.25, -0.2) is 0 Å². The Morgan fingerprint density at radius 1 is 1.41 bits per heavy atom. The Kier molecular flexibility index (Phi) is 3.94. The Hall–Kier alpha value is -0.950. The van der Waals surface area contributed by atoms with Crippen LogP contribution >= 0.6 is 34.9 Å². The minimum Gasteiger partial charge on any atom is -0.396 e. The zero-order valence-electron chi connectivity index (χ0n) is 12.2. The topological polar surface area (TPSA) is 35.8 Å². The van der Waals surface area contributed by atoms with Gasteiger partial charge in [0, 0.05) is 39.6 Å². The van der Waals surface area contributed by atoms with Crippen molar-refractivity contribution in [2.24, 2.45) is 4.99 Å². The maximum Gasteiger partial charge on any atom is 0.168 e. The van der Waals surface area contributed by atoms with Crippen LogP contribution in [0.1, 0.15) is 12.0 Å². The third-order valence-electron chi connectivity index (χ3n) is 3.90. The molecule has 114 valence electrons. The SMILES string of the molecule is CSc1cc(C2=C(CCO)SC3=NCCN32)c2sccc2c1. The number of fused-ring (bicyclic) bond motifs is 2. The Bertz CT molecular complexity index is 794. The summed E-state index contributed by atoms with van der Waals surface area (Å²) in [5.41, 5.74) is 2.55. The van der Waals surface area contributed by atoms with E-state index in [1.165, 1.54) is 31.1 Å². The molecule has 22 heavy (non-hydrogen) atoms. The minimum atomic E-state index is 0.183. The standard InChI is InChI=1S/C16H16N2OS3/c1-20-11-8-10-3-7-21-15(10)12(9-11)14-13(2-6-19)22-16-17-4-5-18(14)16/h3,7-9,19H,2,4-6H2,1H3. The van der Waals surface area contributed by atoms with E-state index in [0.29, 0.717) is 6.42 Å². The van der Waals surface area contributed by atoms with Crippen LogP contribution in [-0.4, -0.2) is 41.1 Å². The molecule has 0 aliphatic carbocycles. The Morgan fingerprint density at radius 3 is 3.14 bits per heavy atom. The third-order valence-corrected chi connectivity index (χ3v) is 6.75. The van der Waals surface area contributed by atoms with Gasteiger partial charge >= 0.3 is 0 Å². The molecule has 0 saturated heterocycles. The molecular formula is C16H16N2OS3. The summed E-state index contributed by atoms with van der Waals surface area (Å²) in [5.74, 6) is 0. The molecular weight excluding hydrogens is 332 g/mol. The van der Waals surface area contributed by atoms with Crippen LogP contribution < -0.4 is 0 Å². The highest BCUT2D eigenvalue weighted by molar-refractivity contribution is 8.17. The molecule has 3 heterocycles. The van der Waals surface area contributed by atoms with Gasteiger partial charge in [0.2, 0.25) is 0 Å². The van der Waals surface area contributed by atoms with E-state index in [-0.39, 0.29) is 6.61 Å².